The highest BCUT2D eigenvalue weighted by Gasteiger charge is 2.29. The van der Waals surface area contributed by atoms with Gasteiger partial charge in [0.05, 0.1) is 0 Å². The van der Waals surface area contributed by atoms with Crippen molar-refractivity contribution >= 4 is 6.03 Å². The Bertz CT molecular complexity index is 189. The predicted octanol–water partition coefficient (Wildman–Crippen LogP) is 1.20. The SMILES string of the molecule is CC1CCN1C(=O)NCC1CC1. The monoisotopic (exact) mass is 168 g/mol. The predicted molar refractivity (Wildman–Crippen MR) is 46.9 cm³/mol. The average Bonchev–Trinajstić information content (AvgIpc) is 2.81. The van der Waals surface area contributed by atoms with E-state index in [2.05, 4.69) is 12.2 Å². The van der Waals surface area contributed by atoms with Gasteiger partial charge < -0.3 is 10.2 Å². The van der Waals surface area contributed by atoms with Gasteiger partial charge in [-0.1, -0.05) is 0 Å². The second-order valence-corrected chi connectivity index (χ2v) is 3.96. The Hall–Kier alpha value is -0.730. The molecule has 12 heavy (non-hydrogen) atoms. The fourth-order valence-electron chi connectivity index (χ4n) is 1.47. The van der Waals surface area contributed by atoms with Gasteiger partial charge in [-0.2, -0.15) is 0 Å². The van der Waals surface area contributed by atoms with Crippen molar-refractivity contribution in [2.45, 2.75) is 32.2 Å². The molecule has 0 bridgehead atoms. The summed E-state index contributed by atoms with van der Waals surface area (Å²) in [5, 5.41) is 2.96. The standard InChI is InChI=1S/C9H16N2O/c1-7-4-5-11(7)9(12)10-6-8-2-3-8/h7-8H,2-6H2,1H3,(H,10,12). The number of nitrogens with one attached hydrogen (secondary N) is 1. The molecule has 3 nitrogen and oxygen atoms in total. The zero-order valence-corrected chi connectivity index (χ0v) is 7.55. The molecule has 0 aromatic heterocycles. The zero-order chi connectivity index (χ0) is 8.55. The van der Waals surface area contributed by atoms with E-state index in [0.29, 0.717) is 6.04 Å². The molecule has 2 amide bonds. The molecule has 3 heteroatoms. The fourth-order valence-corrected chi connectivity index (χ4v) is 1.47. The van der Waals surface area contributed by atoms with Crippen LogP contribution < -0.4 is 5.32 Å². The van der Waals surface area contributed by atoms with Crippen LogP contribution in [0.4, 0.5) is 4.79 Å². The van der Waals surface area contributed by atoms with Crippen molar-refractivity contribution in [2.24, 2.45) is 5.92 Å². The van der Waals surface area contributed by atoms with Crippen molar-refractivity contribution in [3.8, 4) is 0 Å². The van der Waals surface area contributed by atoms with Crippen molar-refractivity contribution in [3.63, 3.8) is 0 Å². The molecule has 0 radical (unpaired) electrons. The second kappa shape index (κ2) is 2.96. The van der Waals surface area contributed by atoms with Crippen LogP contribution in [0.2, 0.25) is 0 Å². The van der Waals surface area contributed by atoms with E-state index in [1.165, 1.54) is 12.8 Å². The van der Waals surface area contributed by atoms with Gasteiger partial charge >= 0.3 is 6.03 Å². The van der Waals surface area contributed by atoms with Crippen LogP contribution in [0.15, 0.2) is 0 Å². The molecule has 2 rings (SSSR count). The van der Waals surface area contributed by atoms with Crippen LogP contribution in [-0.2, 0) is 0 Å². The Kier molecular flexibility index (Phi) is 1.95. The van der Waals surface area contributed by atoms with E-state index < -0.39 is 0 Å². The van der Waals surface area contributed by atoms with E-state index in [-0.39, 0.29) is 6.03 Å². The molecule has 0 spiro atoms. The Morgan fingerprint density at radius 3 is 2.67 bits per heavy atom. The summed E-state index contributed by atoms with van der Waals surface area (Å²) in [4.78, 5) is 13.3. The number of carbonyl (C=O) groups excluding carboxylic acids is 1. The van der Waals surface area contributed by atoms with E-state index in [1.807, 2.05) is 4.90 Å². The number of hydrogen-bond acceptors (Lipinski definition) is 1. The third-order valence-electron chi connectivity index (χ3n) is 2.82. The Morgan fingerprint density at radius 2 is 2.25 bits per heavy atom. The van der Waals surface area contributed by atoms with Crippen LogP contribution in [0, 0.1) is 5.92 Å². The van der Waals surface area contributed by atoms with Crippen molar-refractivity contribution in [3.05, 3.63) is 0 Å². The zero-order valence-electron chi connectivity index (χ0n) is 7.55. The third-order valence-corrected chi connectivity index (χ3v) is 2.82. The molecule has 1 saturated carbocycles. The topological polar surface area (TPSA) is 32.3 Å². The lowest BCUT2D eigenvalue weighted by atomic mass is 10.1. The fraction of sp³-hybridized carbons (Fsp3) is 0.889. The van der Waals surface area contributed by atoms with Crippen molar-refractivity contribution in [2.75, 3.05) is 13.1 Å². The van der Waals surface area contributed by atoms with Crippen molar-refractivity contribution in [1.82, 2.24) is 10.2 Å². The minimum atomic E-state index is 0.139. The molecular formula is C9H16N2O. The summed E-state index contributed by atoms with van der Waals surface area (Å²) < 4.78 is 0. The first kappa shape index (κ1) is 7.90. The molecule has 1 aliphatic carbocycles. The first-order valence-electron chi connectivity index (χ1n) is 4.82. The summed E-state index contributed by atoms with van der Waals surface area (Å²) in [7, 11) is 0. The molecule has 68 valence electrons. The molecule has 0 aromatic carbocycles. The minimum Gasteiger partial charge on any atom is -0.338 e. The van der Waals surface area contributed by atoms with Crippen LogP contribution in [0.5, 0.6) is 0 Å². The van der Waals surface area contributed by atoms with Gasteiger partial charge in [0, 0.05) is 19.1 Å². The summed E-state index contributed by atoms with van der Waals surface area (Å²) in [5.74, 6) is 0.783. The van der Waals surface area contributed by atoms with Crippen LogP contribution in [0.1, 0.15) is 26.2 Å². The quantitative estimate of drug-likeness (QED) is 0.660. The van der Waals surface area contributed by atoms with Crippen molar-refractivity contribution < 1.29 is 4.79 Å². The molecule has 1 aliphatic heterocycles. The normalized spacial score (nSPS) is 28.1. The molecular weight excluding hydrogens is 152 g/mol. The highest BCUT2D eigenvalue weighted by molar-refractivity contribution is 5.75. The van der Waals surface area contributed by atoms with Gasteiger partial charge in [-0.3, -0.25) is 0 Å². The van der Waals surface area contributed by atoms with Gasteiger partial charge in [0.2, 0.25) is 0 Å². The summed E-state index contributed by atoms with van der Waals surface area (Å²) in [6, 6.07) is 0.602. The summed E-state index contributed by atoms with van der Waals surface area (Å²) >= 11 is 0. The average molecular weight is 168 g/mol. The maximum atomic E-state index is 11.4. The molecule has 2 fully saturated rings. The lowest BCUT2D eigenvalue weighted by Crippen LogP contribution is -2.53. The third kappa shape index (κ3) is 1.54. The first-order valence-corrected chi connectivity index (χ1v) is 4.82. The van der Waals surface area contributed by atoms with Gasteiger partial charge in [-0.05, 0) is 32.1 Å². The highest BCUT2D eigenvalue weighted by Crippen LogP contribution is 2.27. The lowest BCUT2D eigenvalue weighted by Gasteiger charge is -2.38. The van der Waals surface area contributed by atoms with Gasteiger partial charge in [-0.25, -0.2) is 4.79 Å². The Balaban J connectivity index is 1.68. The van der Waals surface area contributed by atoms with Crippen LogP contribution in [-0.4, -0.2) is 30.1 Å². The molecule has 1 N–H and O–H groups in total. The maximum Gasteiger partial charge on any atom is 0.317 e. The number of hydrogen-bond donors (Lipinski definition) is 1. The largest absolute Gasteiger partial charge is 0.338 e. The van der Waals surface area contributed by atoms with Gasteiger partial charge in [0.15, 0.2) is 0 Å². The van der Waals surface area contributed by atoms with Gasteiger partial charge in [0.25, 0.3) is 0 Å². The maximum absolute atomic E-state index is 11.4. The summed E-state index contributed by atoms with van der Waals surface area (Å²) in [5.41, 5.74) is 0. The molecule has 1 atom stereocenters. The number of likely N-dealkylation sites (tertiary alicyclic amines) is 1. The van der Waals surface area contributed by atoms with E-state index in [9.17, 15) is 4.79 Å². The summed E-state index contributed by atoms with van der Waals surface area (Å²) in [6.45, 7) is 3.93. The van der Waals surface area contributed by atoms with E-state index in [0.717, 1.165) is 25.4 Å². The smallest absolute Gasteiger partial charge is 0.317 e. The van der Waals surface area contributed by atoms with Crippen molar-refractivity contribution in [1.29, 1.82) is 0 Å². The number of nitrogens with zero attached hydrogens (tertiary/aromatic N) is 1. The highest BCUT2D eigenvalue weighted by atomic mass is 16.2. The van der Waals surface area contributed by atoms with Gasteiger partial charge in [0.1, 0.15) is 0 Å². The second-order valence-electron chi connectivity index (χ2n) is 3.96. The minimum absolute atomic E-state index is 0.139. The lowest BCUT2D eigenvalue weighted by molar-refractivity contribution is 0.125. The van der Waals surface area contributed by atoms with Crippen LogP contribution in [0.3, 0.4) is 0 Å². The molecule has 0 aromatic rings. The number of rotatable bonds is 2. The number of urea groups is 1. The number of amides is 2. The van der Waals surface area contributed by atoms with Crippen LogP contribution >= 0.6 is 0 Å². The first-order chi connectivity index (χ1) is 5.77. The van der Waals surface area contributed by atoms with E-state index in [4.69, 9.17) is 0 Å². The molecule has 1 unspecified atom stereocenters. The Labute approximate surface area is 73.1 Å². The molecule has 1 heterocycles. The van der Waals surface area contributed by atoms with Gasteiger partial charge in [-0.15, -0.1) is 0 Å². The van der Waals surface area contributed by atoms with E-state index in [1.54, 1.807) is 0 Å². The molecule has 2 aliphatic rings. The number of carbonyl (C=O) groups is 1. The van der Waals surface area contributed by atoms with Crippen LogP contribution in [0.25, 0.3) is 0 Å². The molecule has 1 saturated heterocycles. The van der Waals surface area contributed by atoms with E-state index >= 15 is 0 Å². The summed E-state index contributed by atoms with van der Waals surface area (Å²) in [6.07, 6.45) is 3.77. The Morgan fingerprint density at radius 1 is 1.50 bits per heavy atom.